The van der Waals surface area contributed by atoms with Crippen LogP contribution < -0.4 is 15.6 Å². The molecular formula is C18H23N3O3S. The van der Waals surface area contributed by atoms with Gasteiger partial charge < -0.3 is 14.6 Å². The van der Waals surface area contributed by atoms with Gasteiger partial charge in [-0.05, 0) is 39.8 Å². The largest absolute Gasteiger partial charge is 0.492 e. The molecule has 134 valence electrons. The monoisotopic (exact) mass is 361 g/mol. The van der Waals surface area contributed by atoms with E-state index in [1.54, 1.807) is 19.2 Å². The van der Waals surface area contributed by atoms with Gasteiger partial charge in [0.05, 0.1) is 17.5 Å². The van der Waals surface area contributed by atoms with Crippen molar-refractivity contribution in [3.05, 3.63) is 46.9 Å². The average molecular weight is 361 g/mol. The summed E-state index contributed by atoms with van der Waals surface area (Å²) in [5, 5.41) is 2.99. The molecule has 0 aliphatic carbocycles. The van der Waals surface area contributed by atoms with Crippen LogP contribution in [0, 0.1) is 0 Å². The van der Waals surface area contributed by atoms with Crippen molar-refractivity contribution in [3.8, 4) is 5.75 Å². The zero-order chi connectivity index (χ0) is 18.4. The molecule has 0 fully saturated rings. The Morgan fingerprint density at radius 2 is 2.00 bits per heavy atom. The summed E-state index contributed by atoms with van der Waals surface area (Å²) >= 11 is 1.26. The smallest absolute Gasteiger partial charge is 0.273 e. The van der Waals surface area contributed by atoms with E-state index >= 15 is 0 Å². The van der Waals surface area contributed by atoms with E-state index in [4.69, 9.17) is 4.74 Å². The Morgan fingerprint density at radius 3 is 2.68 bits per heavy atom. The summed E-state index contributed by atoms with van der Waals surface area (Å²) in [6.45, 7) is 8.20. The van der Waals surface area contributed by atoms with Crippen LogP contribution >= 0.6 is 11.8 Å². The molecule has 2 rings (SSSR count). The molecule has 1 aromatic heterocycles. The van der Waals surface area contributed by atoms with Crippen molar-refractivity contribution < 1.29 is 9.53 Å². The number of carbonyl (C=O) groups is 1. The lowest BCUT2D eigenvalue weighted by Crippen LogP contribution is -2.24. The Labute approximate surface area is 151 Å². The number of benzene rings is 1. The van der Waals surface area contributed by atoms with Crippen molar-refractivity contribution in [2.45, 2.75) is 44.1 Å². The zero-order valence-electron chi connectivity index (χ0n) is 14.9. The highest BCUT2D eigenvalue weighted by Crippen LogP contribution is 2.27. The maximum Gasteiger partial charge on any atom is 0.273 e. The van der Waals surface area contributed by atoms with E-state index in [1.165, 1.54) is 17.8 Å². The van der Waals surface area contributed by atoms with E-state index in [-0.39, 0.29) is 17.5 Å². The fourth-order valence-electron chi connectivity index (χ4n) is 2.17. The highest BCUT2D eigenvalue weighted by atomic mass is 32.2. The summed E-state index contributed by atoms with van der Waals surface area (Å²) in [4.78, 5) is 28.1. The zero-order valence-corrected chi connectivity index (χ0v) is 15.7. The number of thioether (sulfide) groups is 1. The van der Waals surface area contributed by atoms with Crippen LogP contribution in [0.3, 0.4) is 0 Å². The Bertz CT molecular complexity index is 789. The second kappa shape index (κ2) is 8.71. The number of anilines is 1. The minimum atomic E-state index is -0.422. The van der Waals surface area contributed by atoms with E-state index < -0.39 is 5.25 Å². The van der Waals surface area contributed by atoms with Gasteiger partial charge >= 0.3 is 0 Å². The lowest BCUT2D eigenvalue weighted by atomic mass is 10.3. The Balaban J connectivity index is 2.14. The molecule has 1 N–H and O–H groups in total. The third-order valence-electron chi connectivity index (χ3n) is 3.46. The first-order chi connectivity index (χ1) is 11.9. The molecule has 0 radical (unpaired) electrons. The van der Waals surface area contributed by atoms with Gasteiger partial charge in [-0.25, -0.2) is 0 Å². The number of aromatic nitrogens is 2. The van der Waals surface area contributed by atoms with E-state index in [0.29, 0.717) is 23.2 Å². The van der Waals surface area contributed by atoms with Crippen LogP contribution in [0.5, 0.6) is 5.75 Å². The molecule has 1 atom stereocenters. The molecule has 0 aliphatic rings. The van der Waals surface area contributed by atoms with Gasteiger partial charge in [0.2, 0.25) is 5.91 Å². The van der Waals surface area contributed by atoms with E-state index in [0.717, 1.165) is 0 Å². The second-order valence-corrected chi connectivity index (χ2v) is 7.04. The summed E-state index contributed by atoms with van der Waals surface area (Å²) in [5.41, 5.74) is 0.317. The summed E-state index contributed by atoms with van der Waals surface area (Å²) in [7, 11) is 0. The second-order valence-electron chi connectivity index (χ2n) is 5.73. The summed E-state index contributed by atoms with van der Waals surface area (Å²) in [6.07, 6.45) is 1.71. The topological polar surface area (TPSA) is 73.2 Å². The number of ether oxygens (including phenoxy) is 1. The number of nitrogens with one attached hydrogen (secondary N) is 1. The van der Waals surface area contributed by atoms with Gasteiger partial charge in [0.1, 0.15) is 5.75 Å². The molecule has 0 aliphatic heterocycles. The maximum absolute atomic E-state index is 12.5. The summed E-state index contributed by atoms with van der Waals surface area (Å²) < 4.78 is 7.40. The van der Waals surface area contributed by atoms with Gasteiger partial charge in [0.25, 0.3) is 5.56 Å². The van der Waals surface area contributed by atoms with Crippen molar-refractivity contribution in [2.24, 2.45) is 0 Å². The number of hydrogen-bond acceptors (Lipinski definition) is 5. The lowest BCUT2D eigenvalue weighted by Gasteiger charge is -2.18. The number of nitrogens with zero attached hydrogens (tertiary/aromatic N) is 2. The molecule has 0 saturated heterocycles. The SMILES string of the molecule is CCOc1ccccc1NC(=O)C(C)Sc1nc(=O)ccn1C(C)C. The third kappa shape index (κ3) is 5.09. The van der Waals surface area contributed by atoms with Crippen LogP contribution in [0.2, 0.25) is 0 Å². The Hall–Kier alpha value is -2.28. The molecule has 1 unspecified atom stereocenters. The number of carbonyl (C=O) groups excluding carboxylic acids is 1. The van der Waals surface area contributed by atoms with Gasteiger partial charge in [0.15, 0.2) is 5.16 Å². The summed E-state index contributed by atoms with van der Waals surface area (Å²) in [5.74, 6) is 0.457. The highest BCUT2D eigenvalue weighted by molar-refractivity contribution is 8.00. The van der Waals surface area contributed by atoms with Crippen molar-refractivity contribution in [1.82, 2.24) is 9.55 Å². The number of rotatable bonds is 7. The van der Waals surface area contributed by atoms with E-state index in [1.807, 2.05) is 43.5 Å². The Kier molecular flexibility index (Phi) is 6.64. The van der Waals surface area contributed by atoms with Gasteiger partial charge in [-0.3, -0.25) is 9.59 Å². The van der Waals surface area contributed by atoms with Crippen LogP contribution in [0.25, 0.3) is 0 Å². The van der Waals surface area contributed by atoms with E-state index in [2.05, 4.69) is 10.3 Å². The maximum atomic E-state index is 12.5. The van der Waals surface area contributed by atoms with Gasteiger partial charge in [-0.15, -0.1) is 0 Å². The van der Waals surface area contributed by atoms with Crippen molar-refractivity contribution >= 4 is 23.4 Å². The van der Waals surface area contributed by atoms with E-state index in [9.17, 15) is 9.59 Å². The number of hydrogen-bond donors (Lipinski definition) is 1. The fourth-order valence-corrected chi connectivity index (χ4v) is 3.19. The molecule has 1 heterocycles. The first-order valence-electron chi connectivity index (χ1n) is 8.21. The lowest BCUT2D eigenvalue weighted by molar-refractivity contribution is -0.115. The predicted octanol–water partition coefficient (Wildman–Crippen LogP) is 3.34. The fraction of sp³-hybridized carbons (Fsp3) is 0.389. The number of para-hydroxylation sites is 2. The Morgan fingerprint density at radius 1 is 1.28 bits per heavy atom. The molecule has 0 spiro atoms. The normalized spacial score (nSPS) is 12.0. The van der Waals surface area contributed by atoms with Gasteiger partial charge in [-0.2, -0.15) is 4.98 Å². The first-order valence-corrected chi connectivity index (χ1v) is 9.08. The standard InChI is InChI=1S/C18H23N3O3S/c1-5-24-15-9-7-6-8-14(15)19-17(23)13(4)25-18-20-16(22)10-11-21(18)12(2)3/h6-13H,5H2,1-4H3,(H,19,23). The molecule has 1 aromatic carbocycles. The quantitative estimate of drug-likeness (QED) is 0.605. The summed E-state index contributed by atoms with van der Waals surface area (Å²) in [6, 6.07) is 8.87. The molecule has 7 heteroatoms. The highest BCUT2D eigenvalue weighted by Gasteiger charge is 2.19. The number of amides is 1. The van der Waals surface area contributed by atoms with Crippen LogP contribution in [0.15, 0.2) is 46.5 Å². The van der Waals surface area contributed by atoms with Crippen LogP contribution in [-0.4, -0.2) is 27.3 Å². The molecule has 2 aromatic rings. The predicted molar refractivity (Wildman–Crippen MR) is 100 cm³/mol. The average Bonchev–Trinajstić information content (AvgIpc) is 2.56. The van der Waals surface area contributed by atoms with Crippen molar-refractivity contribution in [2.75, 3.05) is 11.9 Å². The van der Waals surface area contributed by atoms with Crippen molar-refractivity contribution in [1.29, 1.82) is 0 Å². The molecular weight excluding hydrogens is 338 g/mol. The molecule has 0 bridgehead atoms. The molecule has 6 nitrogen and oxygen atoms in total. The minimum absolute atomic E-state index is 0.143. The van der Waals surface area contributed by atoms with Gasteiger partial charge in [-0.1, -0.05) is 23.9 Å². The first kappa shape index (κ1) is 19.1. The molecule has 25 heavy (non-hydrogen) atoms. The van der Waals surface area contributed by atoms with Crippen molar-refractivity contribution in [3.63, 3.8) is 0 Å². The van der Waals surface area contributed by atoms with Crippen LogP contribution in [0.1, 0.15) is 33.7 Å². The minimum Gasteiger partial charge on any atom is -0.492 e. The third-order valence-corrected chi connectivity index (χ3v) is 4.54. The molecule has 1 amide bonds. The van der Waals surface area contributed by atoms with Crippen LogP contribution in [0.4, 0.5) is 5.69 Å². The molecule has 0 saturated carbocycles. The van der Waals surface area contributed by atoms with Crippen LogP contribution in [-0.2, 0) is 4.79 Å². The van der Waals surface area contributed by atoms with Gasteiger partial charge in [0, 0.05) is 18.3 Å².